The number of aliphatic hydroxyl groups excluding tert-OH is 2. The number of hydrogen-bond acceptors (Lipinski definition) is 2. The van der Waals surface area contributed by atoms with Crippen molar-refractivity contribution in [3.8, 4) is 0 Å². The monoisotopic (exact) mass is 433 g/mol. The molecule has 0 rings (SSSR count). The second kappa shape index (κ2) is 24.2. The molecular formula is C25H52ClNO2. The summed E-state index contributed by atoms with van der Waals surface area (Å²) < 4.78 is 0.787. The first kappa shape index (κ1) is 31.1. The van der Waals surface area contributed by atoms with E-state index < -0.39 is 0 Å². The predicted octanol–water partition coefficient (Wildman–Crippen LogP) is 3.24. The van der Waals surface area contributed by atoms with Gasteiger partial charge >= 0.3 is 0 Å². The van der Waals surface area contributed by atoms with Crippen molar-refractivity contribution >= 4 is 0 Å². The molecule has 0 radical (unpaired) electrons. The van der Waals surface area contributed by atoms with Crippen LogP contribution in [0.5, 0.6) is 0 Å². The molecular weight excluding hydrogens is 382 g/mol. The summed E-state index contributed by atoms with van der Waals surface area (Å²) in [4.78, 5) is 0. The molecule has 0 fully saturated rings. The Morgan fingerprint density at radius 1 is 0.586 bits per heavy atom. The van der Waals surface area contributed by atoms with Crippen LogP contribution in [0, 0.1) is 0 Å². The summed E-state index contributed by atoms with van der Waals surface area (Å²) in [6.07, 6.45) is 24.1. The number of hydrogen-bond donors (Lipinski definition) is 2. The fourth-order valence-electron chi connectivity index (χ4n) is 4.30. The molecule has 0 aliphatic carbocycles. The Hall–Kier alpha value is -0.0900. The summed E-state index contributed by atoms with van der Waals surface area (Å²) in [6, 6.07) is 0. The number of aliphatic hydroxyl groups is 2. The van der Waals surface area contributed by atoms with Gasteiger partial charge in [0.25, 0.3) is 0 Å². The van der Waals surface area contributed by atoms with E-state index in [0.29, 0.717) is 0 Å². The maximum atomic E-state index is 9.36. The Labute approximate surface area is 189 Å². The third kappa shape index (κ3) is 19.6. The standard InChI is InChI=1S/C25H52NO2.ClH/c1-3-5-6-7-8-9-10-11-12-13-14-15-16-17-18-19-21-26(20-4-2,22-24-27)23-25-28;/h4,27-28H,2-3,5-25H2,1H3;1H/q+1;/p-1. The molecule has 0 amide bonds. The van der Waals surface area contributed by atoms with Crippen molar-refractivity contribution in [2.75, 3.05) is 39.4 Å². The Kier molecular flexibility index (Phi) is 25.9. The minimum atomic E-state index is 0. The van der Waals surface area contributed by atoms with Crippen molar-refractivity contribution in [2.45, 2.75) is 110 Å². The molecule has 0 aliphatic rings. The van der Waals surface area contributed by atoms with E-state index >= 15 is 0 Å². The molecule has 0 aromatic heterocycles. The highest BCUT2D eigenvalue weighted by Gasteiger charge is 2.24. The van der Waals surface area contributed by atoms with Crippen LogP contribution in [-0.2, 0) is 0 Å². The van der Waals surface area contributed by atoms with E-state index in [4.69, 9.17) is 0 Å². The Morgan fingerprint density at radius 3 is 1.24 bits per heavy atom. The molecule has 0 heterocycles. The van der Waals surface area contributed by atoms with E-state index in [-0.39, 0.29) is 25.6 Å². The lowest BCUT2D eigenvalue weighted by Gasteiger charge is -2.37. The van der Waals surface area contributed by atoms with Gasteiger partial charge in [0.1, 0.15) is 13.1 Å². The van der Waals surface area contributed by atoms with Gasteiger partial charge in [-0.25, -0.2) is 0 Å². The van der Waals surface area contributed by atoms with Crippen LogP contribution in [0.2, 0.25) is 0 Å². The van der Waals surface area contributed by atoms with Crippen LogP contribution >= 0.6 is 0 Å². The second-order valence-corrected chi connectivity index (χ2v) is 8.73. The van der Waals surface area contributed by atoms with Crippen LogP contribution in [0.4, 0.5) is 0 Å². The predicted molar refractivity (Wildman–Crippen MR) is 124 cm³/mol. The molecule has 0 aromatic rings. The largest absolute Gasteiger partial charge is 1.00 e. The Bertz CT molecular complexity index is 320. The molecule has 2 N–H and O–H groups in total. The molecule has 29 heavy (non-hydrogen) atoms. The molecule has 0 spiro atoms. The van der Waals surface area contributed by atoms with Gasteiger partial charge in [0.2, 0.25) is 0 Å². The first-order valence-electron chi connectivity index (χ1n) is 12.4. The van der Waals surface area contributed by atoms with Gasteiger partial charge in [-0.1, -0.05) is 103 Å². The van der Waals surface area contributed by atoms with Gasteiger partial charge in [0.05, 0.1) is 26.3 Å². The van der Waals surface area contributed by atoms with Gasteiger partial charge in [0, 0.05) is 0 Å². The first-order valence-corrected chi connectivity index (χ1v) is 12.4. The Balaban J connectivity index is 0. The van der Waals surface area contributed by atoms with Crippen molar-refractivity contribution in [1.29, 1.82) is 0 Å². The lowest BCUT2D eigenvalue weighted by Crippen LogP contribution is -3.00. The van der Waals surface area contributed by atoms with Gasteiger partial charge in [0.15, 0.2) is 0 Å². The van der Waals surface area contributed by atoms with Gasteiger partial charge in [-0.05, 0) is 18.9 Å². The van der Waals surface area contributed by atoms with Crippen molar-refractivity contribution in [3.63, 3.8) is 0 Å². The van der Waals surface area contributed by atoms with Crippen LogP contribution in [0.1, 0.15) is 110 Å². The van der Waals surface area contributed by atoms with E-state index in [9.17, 15) is 10.2 Å². The van der Waals surface area contributed by atoms with Crippen LogP contribution in [-0.4, -0.2) is 54.1 Å². The average molecular weight is 434 g/mol. The number of unbranched alkanes of at least 4 members (excludes halogenated alkanes) is 15. The molecule has 176 valence electrons. The summed E-state index contributed by atoms with van der Waals surface area (Å²) in [5.41, 5.74) is 0. The highest BCUT2D eigenvalue weighted by atomic mass is 35.5. The highest BCUT2D eigenvalue weighted by Crippen LogP contribution is 2.15. The molecule has 3 nitrogen and oxygen atoms in total. The summed E-state index contributed by atoms with van der Waals surface area (Å²) in [5.74, 6) is 0. The molecule has 0 aromatic carbocycles. The third-order valence-corrected chi connectivity index (χ3v) is 6.15. The fraction of sp³-hybridized carbons (Fsp3) is 0.920. The van der Waals surface area contributed by atoms with Gasteiger partial charge in [-0.2, -0.15) is 0 Å². The molecule has 0 bridgehead atoms. The molecule has 0 saturated heterocycles. The molecule has 0 aliphatic heterocycles. The summed E-state index contributed by atoms with van der Waals surface area (Å²) in [5, 5.41) is 18.7. The summed E-state index contributed by atoms with van der Waals surface area (Å²) >= 11 is 0. The number of nitrogens with zero attached hydrogens (tertiary/aromatic N) is 1. The normalized spacial score (nSPS) is 11.4. The lowest BCUT2D eigenvalue weighted by molar-refractivity contribution is -0.923. The van der Waals surface area contributed by atoms with Crippen molar-refractivity contribution in [1.82, 2.24) is 0 Å². The van der Waals surface area contributed by atoms with Crippen molar-refractivity contribution in [3.05, 3.63) is 12.7 Å². The zero-order valence-corrected chi connectivity index (χ0v) is 20.3. The number of halogens is 1. The first-order chi connectivity index (χ1) is 13.7. The minimum Gasteiger partial charge on any atom is -1.00 e. The number of rotatable bonds is 23. The van der Waals surface area contributed by atoms with Crippen LogP contribution in [0.3, 0.4) is 0 Å². The maximum absolute atomic E-state index is 9.36. The van der Waals surface area contributed by atoms with Crippen LogP contribution < -0.4 is 12.4 Å². The highest BCUT2D eigenvalue weighted by molar-refractivity contribution is 4.66. The lowest BCUT2D eigenvalue weighted by atomic mass is 10.0. The SMILES string of the molecule is C=CC[N+](CCO)(CCO)CCCCCCCCCCCCCCCCCC.[Cl-]. The molecule has 0 unspecified atom stereocenters. The zero-order chi connectivity index (χ0) is 20.8. The van der Waals surface area contributed by atoms with Gasteiger partial charge in [-0.3, -0.25) is 0 Å². The Morgan fingerprint density at radius 2 is 0.931 bits per heavy atom. The van der Waals surface area contributed by atoms with Crippen LogP contribution in [0.25, 0.3) is 0 Å². The van der Waals surface area contributed by atoms with E-state index in [0.717, 1.165) is 30.7 Å². The molecule has 4 heteroatoms. The van der Waals surface area contributed by atoms with Crippen LogP contribution in [0.15, 0.2) is 12.7 Å². The van der Waals surface area contributed by atoms with E-state index in [1.807, 2.05) is 6.08 Å². The number of quaternary nitrogens is 1. The van der Waals surface area contributed by atoms with E-state index in [1.165, 1.54) is 103 Å². The summed E-state index contributed by atoms with van der Waals surface area (Å²) in [7, 11) is 0. The summed E-state index contributed by atoms with van der Waals surface area (Å²) in [6.45, 7) is 9.86. The average Bonchev–Trinajstić information content (AvgIpc) is 2.68. The van der Waals surface area contributed by atoms with Crippen molar-refractivity contribution < 1.29 is 27.1 Å². The van der Waals surface area contributed by atoms with E-state index in [1.54, 1.807) is 0 Å². The fourth-order valence-corrected chi connectivity index (χ4v) is 4.30. The quantitative estimate of drug-likeness (QED) is 0.147. The second-order valence-electron chi connectivity index (χ2n) is 8.73. The maximum Gasteiger partial charge on any atom is 0.102 e. The third-order valence-electron chi connectivity index (χ3n) is 6.15. The van der Waals surface area contributed by atoms with Gasteiger partial charge in [-0.15, -0.1) is 0 Å². The minimum absolute atomic E-state index is 0. The molecule has 0 saturated carbocycles. The van der Waals surface area contributed by atoms with Crippen molar-refractivity contribution in [2.24, 2.45) is 0 Å². The van der Waals surface area contributed by atoms with Gasteiger partial charge < -0.3 is 27.1 Å². The molecule has 0 atom stereocenters. The zero-order valence-electron chi connectivity index (χ0n) is 19.6. The smallest absolute Gasteiger partial charge is 0.102 e. The topological polar surface area (TPSA) is 40.5 Å². The van der Waals surface area contributed by atoms with E-state index in [2.05, 4.69) is 13.5 Å².